The van der Waals surface area contributed by atoms with Gasteiger partial charge in [0.2, 0.25) is 0 Å². The van der Waals surface area contributed by atoms with Crippen molar-refractivity contribution in [2.45, 2.75) is 25.7 Å². The molecule has 2 heteroatoms. The highest BCUT2D eigenvalue weighted by Crippen LogP contribution is 2.32. The fourth-order valence-electron chi connectivity index (χ4n) is 2.03. The molecule has 0 bridgehead atoms. The summed E-state index contributed by atoms with van der Waals surface area (Å²) in [5, 5.41) is 9.12. The van der Waals surface area contributed by atoms with Crippen molar-refractivity contribution >= 4 is 0 Å². The number of phenols is 1. The largest absolute Gasteiger partial charge is 0.508 e. The van der Waals surface area contributed by atoms with E-state index in [-0.39, 0.29) is 17.5 Å². The third-order valence-electron chi connectivity index (χ3n) is 2.99. The van der Waals surface area contributed by atoms with Crippen molar-refractivity contribution in [2.24, 2.45) is 5.92 Å². The van der Waals surface area contributed by atoms with Crippen molar-refractivity contribution in [2.75, 3.05) is 0 Å². The van der Waals surface area contributed by atoms with Gasteiger partial charge in [-0.25, -0.2) is 4.39 Å². The van der Waals surface area contributed by atoms with Crippen molar-refractivity contribution in [1.29, 1.82) is 0 Å². The Morgan fingerprint density at radius 3 is 2.67 bits per heavy atom. The van der Waals surface area contributed by atoms with Gasteiger partial charge in [-0.05, 0) is 30.4 Å². The predicted molar refractivity (Wildman–Crippen MR) is 58.3 cm³/mol. The zero-order valence-corrected chi connectivity index (χ0v) is 8.78. The summed E-state index contributed by atoms with van der Waals surface area (Å²) in [5.41, 5.74) is 0.691. The van der Waals surface area contributed by atoms with Gasteiger partial charge in [0.1, 0.15) is 11.6 Å². The summed E-state index contributed by atoms with van der Waals surface area (Å²) in [6.45, 7) is 2.17. The molecule has 15 heavy (non-hydrogen) atoms. The van der Waals surface area contributed by atoms with Crippen LogP contribution in [0.5, 0.6) is 5.75 Å². The second-order valence-electron chi connectivity index (χ2n) is 4.25. The van der Waals surface area contributed by atoms with Crippen LogP contribution in [0.15, 0.2) is 30.4 Å². The van der Waals surface area contributed by atoms with E-state index in [9.17, 15) is 4.39 Å². The molecule has 1 nitrogen and oxygen atoms in total. The lowest BCUT2D eigenvalue weighted by Gasteiger charge is -2.21. The van der Waals surface area contributed by atoms with E-state index in [4.69, 9.17) is 5.11 Å². The van der Waals surface area contributed by atoms with E-state index in [0.717, 1.165) is 12.8 Å². The number of hydrogen-bond donors (Lipinski definition) is 1. The number of halogens is 1. The first-order valence-electron chi connectivity index (χ1n) is 5.33. The molecule has 0 spiro atoms. The minimum Gasteiger partial charge on any atom is -0.508 e. The second kappa shape index (κ2) is 4.05. The lowest BCUT2D eigenvalue weighted by molar-refractivity contribution is 0.465. The first-order chi connectivity index (χ1) is 7.16. The topological polar surface area (TPSA) is 20.2 Å². The molecule has 2 unspecified atom stereocenters. The van der Waals surface area contributed by atoms with Gasteiger partial charge in [0.15, 0.2) is 0 Å². The normalized spacial score (nSPS) is 25.5. The van der Waals surface area contributed by atoms with Gasteiger partial charge in [-0.2, -0.15) is 0 Å². The number of allylic oxidation sites excluding steroid dienone is 2. The van der Waals surface area contributed by atoms with E-state index < -0.39 is 0 Å². The average Bonchev–Trinajstić information content (AvgIpc) is 2.20. The second-order valence-corrected chi connectivity index (χ2v) is 4.25. The van der Waals surface area contributed by atoms with Crippen molar-refractivity contribution in [3.63, 3.8) is 0 Å². The molecule has 80 valence electrons. The molecule has 1 N–H and O–H groups in total. The standard InChI is InChI=1S/C13H15FO/c1-9-2-4-10(5-3-9)12-7-6-11(15)8-13(12)14/h2,4,6-10,15H,3,5H2,1H3. The van der Waals surface area contributed by atoms with Crippen molar-refractivity contribution in [1.82, 2.24) is 0 Å². The van der Waals surface area contributed by atoms with Crippen LogP contribution in [0, 0.1) is 11.7 Å². The van der Waals surface area contributed by atoms with E-state index in [1.54, 1.807) is 12.1 Å². The summed E-state index contributed by atoms with van der Waals surface area (Å²) in [6, 6.07) is 4.40. The Bertz CT molecular complexity index is 384. The van der Waals surface area contributed by atoms with Crippen LogP contribution in [0.2, 0.25) is 0 Å². The van der Waals surface area contributed by atoms with Gasteiger partial charge in [-0.15, -0.1) is 0 Å². The molecule has 0 heterocycles. The van der Waals surface area contributed by atoms with Gasteiger partial charge in [0.25, 0.3) is 0 Å². The Balaban J connectivity index is 2.26. The minimum atomic E-state index is -0.306. The highest BCUT2D eigenvalue weighted by molar-refractivity contribution is 5.32. The zero-order valence-electron chi connectivity index (χ0n) is 8.78. The quantitative estimate of drug-likeness (QED) is 0.696. The zero-order chi connectivity index (χ0) is 10.8. The van der Waals surface area contributed by atoms with Crippen LogP contribution in [0.4, 0.5) is 4.39 Å². The van der Waals surface area contributed by atoms with Gasteiger partial charge in [0, 0.05) is 12.0 Å². The molecule has 1 aromatic carbocycles. The molecule has 0 radical (unpaired) electrons. The van der Waals surface area contributed by atoms with Gasteiger partial charge < -0.3 is 5.11 Å². The van der Waals surface area contributed by atoms with Crippen LogP contribution in [-0.2, 0) is 0 Å². The molecule has 0 saturated heterocycles. The minimum absolute atomic E-state index is 0.00981. The lowest BCUT2D eigenvalue weighted by Crippen LogP contribution is -2.06. The summed E-state index contributed by atoms with van der Waals surface area (Å²) >= 11 is 0. The van der Waals surface area contributed by atoms with Crippen molar-refractivity contribution in [3.8, 4) is 5.75 Å². The third kappa shape index (κ3) is 2.20. The van der Waals surface area contributed by atoms with Gasteiger partial charge in [0.05, 0.1) is 0 Å². The molecule has 0 aromatic heterocycles. The molecule has 0 aliphatic heterocycles. The van der Waals surface area contributed by atoms with Gasteiger partial charge >= 0.3 is 0 Å². The molecular formula is C13H15FO. The van der Waals surface area contributed by atoms with Crippen LogP contribution in [-0.4, -0.2) is 5.11 Å². The number of phenolic OH excluding ortho intramolecular Hbond substituents is 1. The SMILES string of the molecule is CC1C=CC(c2ccc(O)cc2F)CC1. The summed E-state index contributed by atoms with van der Waals surface area (Å²) in [4.78, 5) is 0. The maximum absolute atomic E-state index is 13.5. The highest BCUT2D eigenvalue weighted by atomic mass is 19.1. The molecule has 1 aliphatic rings. The molecule has 1 aliphatic carbocycles. The van der Waals surface area contributed by atoms with E-state index in [2.05, 4.69) is 19.1 Å². The number of rotatable bonds is 1. The monoisotopic (exact) mass is 206 g/mol. The van der Waals surface area contributed by atoms with Gasteiger partial charge in [-0.3, -0.25) is 0 Å². The molecule has 1 aromatic rings. The molecule has 0 saturated carbocycles. The fraction of sp³-hybridized carbons (Fsp3) is 0.385. The summed E-state index contributed by atoms with van der Waals surface area (Å²) in [7, 11) is 0. The Morgan fingerprint density at radius 2 is 2.07 bits per heavy atom. The van der Waals surface area contributed by atoms with Crippen molar-refractivity contribution in [3.05, 3.63) is 41.7 Å². The Hall–Kier alpha value is -1.31. The summed E-state index contributed by atoms with van der Waals surface area (Å²) in [6.07, 6.45) is 6.30. The van der Waals surface area contributed by atoms with E-state index >= 15 is 0 Å². The van der Waals surface area contributed by atoms with Crippen LogP contribution >= 0.6 is 0 Å². The highest BCUT2D eigenvalue weighted by Gasteiger charge is 2.17. The molecular weight excluding hydrogens is 191 g/mol. The predicted octanol–water partition coefficient (Wildman–Crippen LogP) is 3.60. The first kappa shape index (κ1) is 10.2. The Kier molecular flexibility index (Phi) is 2.76. The first-order valence-corrected chi connectivity index (χ1v) is 5.33. The number of benzene rings is 1. The molecule has 0 amide bonds. The number of aromatic hydroxyl groups is 1. The smallest absolute Gasteiger partial charge is 0.130 e. The maximum atomic E-state index is 13.5. The van der Waals surface area contributed by atoms with E-state index in [0.29, 0.717) is 11.5 Å². The molecule has 0 fully saturated rings. The average molecular weight is 206 g/mol. The third-order valence-corrected chi connectivity index (χ3v) is 2.99. The van der Waals surface area contributed by atoms with Crippen LogP contribution in [0.25, 0.3) is 0 Å². The van der Waals surface area contributed by atoms with Crippen LogP contribution in [0.3, 0.4) is 0 Å². The Morgan fingerprint density at radius 1 is 1.27 bits per heavy atom. The lowest BCUT2D eigenvalue weighted by atomic mass is 9.85. The summed E-state index contributed by atoms with van der Waals surface area (Å²) < 4.78 is 13.5. The van der Waals surface area contributed by atoms with Crippen molar-refractivity contribution < 1.29 is 9.50 Å². The van der Waals surface area contributed by atoms with E-state index in [1.165, 1.54) is 6.07 Å². The maximum Gasteiger partial charge on any atom is 0.130 e. The number of hydrogen-bond acceptors (Lipinski definition) is 1. The Labute approximate surface area is 89.3 Å². The molecule has 2 rings (SSSR count). The van der Waals surface area contributed by atoms with Crippen LogP contribution < -0.4 is 0 Å². The fourth-order valence-corrected chi connectivity index (χ4v) is 2.03. The summed E-state index contributed by atoms with van der Waals surface area (Å²) in [5.74, 6) is 0.451. The molecule has 2 atom stereocenters. The van der Waals surface area contributed by atoms with Gasteiger partial charge in [-0.1, -0.05) is 25.1 Å². The van der Waals surface area contributed by atoms with E-state index in [1.807, 2.05) is 0 Å². The van der Waals surface area contributed by atoms with Crippen LogP contribution in [0.1, 0.15) is 31.2 Å².